The van der Waals surface area contributed by atoms with Gasteiger partial charge in [0.2, 0.25) is 5.91 Å². The van der Waals surface area contributed by atoms with E-state index in [1.54, 1.807) is 0 Å². The fourth-order valence-electron chi connectivity index (χ4n) is 4.55. The largest absolute Gasteiger partial charge is 0.352 e. The Balaban J connectivity index is 1.60. The van der Waals surface area contributed by atoms with Crippen LogP contribution in [-0.4, -0.2) is 39.0 Å². The Hall–Kier alpha value is -1.88. The molecule has 2 aromatic rings. The van der Waals surface area contributed by atoms with Gasteiger partial charge in [-0.3, -0.25) is 9.69 Å². The molecule has 4 rings (SSSR count). The van der Waals surface area contributed by atoms with Crippen LogP contribution < -0.4 is 5.32 Å². The van der Waals surface area contributed by atoms with E-state index in [-0.39, 0.29) is 5.91 Å². The Bertz CT molecular complexity index is 766. The number of imidazole rings is 1. The fraction of sp³-hybridized carbons (Fsp3) is 0.600. The minimum Gasteiger partial charge on any atom is -0.352 e. The smallest absolute Gasteiger partial charge is 0.220 e. The molecular weight excluding hydrogens is 312 g/mol. The molecule has 3 heterocycles. The molecule has 25 heavy (non-hydrogen) atoms. The minimum atomic E-state index is 0.228. The molecule has 0 saturated carbocycles. The van der Waals surface area contributed by atoms with Crippen molar-refractivity contribution in [2.24, 2.45) is 0 Å². The summed E-state index contributed by atoms with van der Waals surface area (Å²) in [6.45, 7) is 6.35. The van der Waals surface area contributed by atoms with E-state index in [9.17, 15) is 4.79 Å². The topological polar surface area (TPSA) is 50.2 Å². The maximum atomic E-state index is 12.0. The molecule has 2 aliphatic heterocycles. The summed E-state index contributed by atoms with van der Waals surface area (Å²) in [6, 6.07) is 9.55. The number of para-hydroxylation sites is 2. The second kappa shape index (κ2) is 6.79. The first-order valence-electron chi connectivity index (χ1n) is 9.63. The number of amides is 1. The lowest BCUT2D eigenvalue weighted by atomic mass is 9.99. The Morgan fingerprint density at radius 1 is 1.24 bits per heavy atom. The predicted octanol–water partition coefficient (Wildman–Crippen LogP) is 3.25. The van der Waals surface area contributed by atoms with Gasteiger partial charge in [-0.15, -0.1) is 0 Å². The quantitative estimate of drug-likeness (QED) is 0.933. The molecular formula is C20H28N4O. The third-order valence-corrected chi connectivity index (χ3v) is 5.69. The van der Waals surface area contributed by atoms with Crippen molar-refractivity contribution in [1.82, 2.24) is 19.8 Å². The Morgan fingerprint density at radius 3 is 2.92 bits per heavy atom. The summed E-state index contributed by atoms with van der Waals surface area (Å²) >= 11 is 0. The number of carbonyl (C=O) groups excluding carboxylic acids is 1. The Kier molecular flexibility index (Phi) is 4.50. The van der Waals surface area contributed by atoms with E-state index in [2.05, 4.69) is 52.9 Å². The van der Waals surface area contributed by atoms with Gasteiger partial charge in [0, 0.05) is 31.1 Å². The van der Waals surface area contributed by atoms with Gasteiger partial charge in [0.25, 0.3) is 0 Å². The zero-order valence-corrected chi connectivity index (χ0v) is 15.2. The standard InChI is InChI=1S/C20H28N4O/c1-14(2)24-18-9-4-3-7-15(18)21-19(24)13-23-12-11-16-17(23)8-5-6-10-20(25)22-16/h3-4,7,9,14,16-17H,5-6,8,10-13H2,1-2H3,(H,22,25)/t16-,17+/m0/s1. The van der Waals surface area contributed by atoms with Gasteiger partial charge in [0.15, 0.2) is 0 Å². The lowest BCUT2D eigenvalue weighted by Gasteiger charge is -2.30. The normalized spacial score (nSPS) is 25.0. The van der Waals surface area contributed by atoms with Gasteiger partial charge in [-0.1, -0.05) is 18.6 Å². The monoisotopic (exact) mass is 340 g/mol. The lowest BCUT2D eigenvalue weighted by Crippen LogP contribution is -2.46. The van der Waals surface area contributed by atoms with Crippen LogP contribution >= 0.6 is 0 Å². The molecule has 1 aromatic heterocycles. The van der Waals surface area contributed by atoms with Crippen LogP contribution in [0.5, 0.6) is 0 Å². The van der Waals surface area contributed by atoms with E-state index >= 15 is 0 Å². The van der Waals surface area contributed by atoms with Crippen molar-refractivity contribution in [3.05, 3.63) is 30.1 Å². The first-order valence-corrected chi connectivity index (χ1v) is 9.63. The summed E-state index contributed by atoms with van der Waals surface area (Å²) in [5.74, 6) is 1.37. The molecule has 1 amide bonds. The van der Waals surface area contributed by atoms with Gasteiger partial charge in [-0.2, -0.15) is 0 Å². The van der Waals surface area contributed by atoms with Crippen LogP contribution in [0.4, 0.5) is 0 Å². The third kappa shape index (κ3) is 3.17. The summed E-state index contributed by atoms with van der Waals surface area (Å²) in [5, 5.41) is 3.25. The molecule has 0 aliphatic carbocycles. The average Bonchev–Trinajstić information content (AvgIpc) is 3.10. The highest BCUT2D eigenvalue weighted by molar-refractivity contribution is 5.76. The first kappa shape index (κ1) is 16.6. The van der Waals surface area contributed by atoms with Crippen molar-refractivity contribution in [3.63, 3.8) is 0 Å². The lowest BCUT2D eigenvalue weighted by molar-refractivity contribution is -0.122. The number of hydrogen-bond donors (Lipinski definition) is 1. The molecule has 2 saturated heterocycles. The number of aromatic nitrogens is 2. The summed E-state index contributed by atoms with van der Waals surface area (Å²) in [5.41, 5.74) is 2.29. The highest BCUT2D eigenvalue weighted by Gasteiger charge is 2.36. The van der Waals surface area contributed by atoms with E-state index in [1.807, 2.05) is 0 Å². The van der Waals surface area contributed by atoms with Crippen molar-refractivity contribution in [1.29, 1.82) is 0 Å². The van der Waals surface area contributed by atoms with E-state index in [4.69, 9.17) is 4.98 Å². The predicted molar refractivity (Wildman–Crippen MR) is 99.3 cm³/mol. The average molecular weight is 340 g/mol. The number of likely N-dealkylation sites (tertiary alicyclic amines) is 1. The number of benzene rings is 1. The first-order chi connectivity index (χ1) is 12.1. The SMILES string of the molecule is CC(C)n1c(CN2CC[C@@H]3NC(=O)CCCC[C@H]32)nc2ccccc21. The van der Waals surface area contributed by atoms with E-state index in [0.717, 1.165) is 43.7 Å². The number of carbonyl (C=O) groups is 1. The van der Waals surface area contributed by atoms with Crippen molar-refractivity contribution in [2.45, 2.75) is 70.6 Å². The molecule has 5 nitrogen and oxygen atoms in total. The number of rotatable bonds is 3. The minimum absolute atomic E-state index is 0.228. The molecule has 0 spiro atoms. The highest BCUT2D eigenvalue weighted by atomic mass is 16.1. The molecule has 2 atom stereocenters. The van der Waals surface area contributed by atoms with Crippen LogP contribution in [-0.2, 0) is 11.3 Å². The van der Waals surface area contributed by atoms with Gasteiger partial charge < -0.3 is 9.88 Å². The van der Waals surface area contributed by atoms with Gasteiger partial charge in [0.1, 0.15) is 5.82 Å². The van der Waals surface area contributed by atoms with Crippen LogP contribution in [0.1, 0.15) is 57.8 Å². The summed E-state index contributed by atoms with van der Waals surface area (Å²) in [4.78, 5) is 19.4. The Labute approximate surface area is 149 Å². The molecule has 5 heteroatoms. The molecule has 0 bridgehead atoms. The highest BCUT2D eigenvalue weighted by Crippen LogP contribution is 2.28. The maximum Gasteiger partial charge on any atom is 0.220 e. The van der Waals surface area contributed by atoms with Crippen LogP contribution in [0, 0.1) is 0 Å². The van der Waals surface area contributed by atoms with E-state index in [1.165, 1.54) is 11.9 Å². The molecule has 2 aliphatic rings. The third-order valence-electron chi connectivity index (χ3n) is 5.69. The summed E-state index contributed by atoms with van der Waals surface area (Å²) in [7, 11) is 0. The van der Waals surface area contributed by atoms with Crippen LogP contribution in [0.15, 0.2) is 24.3 Å². The van der Waals surface area contributed by atoms with Crippen molar-refractivity contribution < 1.29 is 4.79 Å². The number of nitrogens with zero attached hydrogens (tertiary/aromatic N) is 3. The maximum absolute atomic E-state index is 12.0. The summed E-state index contributed by atoms with van der Waals surface area (Å²) < 4.78 is 2.37. The molecule has 1 aromatic carbocycles. The van der Waals surface area contributed by atoms with Crippen molar-refractivity contribution >= 4 is 16.9 Å². The molecule has 134 valence electrons. The number of hydrogen-bond acceptors (Lipinski definition) is 3. The molecule has 0 radical (unpaired) electrons. The number of nitrogens with one attached hydrogen (secondary N) is 1. The Morgan fingerprint density at radius 2 is 2.08 bits per heavy atom. The second-order valence-corrected chi connectivity index (χ2v) is 7.73. The van der Waals surface area contributed by atoms with Crippen LogP contribution in [0.3, 0.4) is 0 Å². The molecule has 0 unspecified atom stereocenters. The van der Waals surface area contributed by atoms with Crippen molar-refractivity contribution in [3.8, 4) is 0 Å². The van der Waals surface area contributed by atoms with E-state index < -0.39 is 0 Å². The molecule has 2 fully saturated rings. The fourth-order valence-corrected chi connectivity index (χ4v) is 4.55. The van der Waals surface area contributed by atoms with E-state index in [0.29, 0.717) is 24.5 Å². The van der Waals surface area contributed by atoms with Crippen LogP contribution in [0.2, 0.25) is 0 Å². The van der Waals surface area contributed by atoms with Gasteiger partial charge >= 0.3 is 0 Å². The zero-order chi connectivity index (χ0) is 17.4. The molecule has 1 N–H and O–H groups in total. The van der Waals surface area contributed by atoms with Gasteiger partial charge in [-0.25, -0.2) is 4.98 Å². The number of fused-ring (bicyclic) bond motifs is 2. The summed E-state index contributed by atoms with van der Waals surface area (Å²) in [6.07, 6.45) is 5.07. The van der Waals surface area contributed by atoms with Gasteiger partial charge in [0.05, 0.1) is 17.6 Å². The van der Waals surface area contributed by atoms with Gasteiger partial charge in [-0.05, 0) is 45.2 Å². The zero-order valence-electron chi connectivity index (χ0n) is 15.2. The van der Waals surface area contributed by atoms with Crippen LogP contribution in [0.25, 0.3) is 11.0 Å². The van der Waals surface area contributed by atoms with Crippen molar-refractivity contribution in [2.75, 3.05) is 6.54 Å². The second-order valence-electron chi connectivity index (χ2n) is 7.73.